The van der Waals surface area contributed by atoms with Crippen molar-refractivity contribution >= 4 is 5.69 Å². The normalized spacial score (nSPS) is 14.6. The Labute approximate surface area is 96.6 Å². The van der Waals surface area contributed by atoms with E-state index in [1.54, 1.807) is 13.1 Å². The van der Waals surface area contributed by atoms with Gasteiger partial charge in [-0.2, -0.15) is 0 Å². The average molecular weight is 224 g/mol. The summed E-state index contributed by atoms with van der Waals surface area (Å²) in [6.45, 7) is 4.23. The number of rotatable bonds is 5. The Morgan fingerprint density at radius 2 is 2.06 bits per heavy atom. The summed E-state index contributed by atoms with van der Waals surface area (Å²) in [5.41, 5.74) is 1.63. The second kappa shape index (κ2) is 5.82. The zero-order valence-electron chi connectivity index (χ0n) is 10.1. The molecule has 90 valence electrons. The quantitative estimate of drug-likeness (QED) is 0.792. The fraction of sp³-hybridized carbons (Fsp3) is 0.583. The van der Waals surface area contributed by atoms with Gasteiger partial charge in [-0.05, 0) is 25.5 Å². The molecule has 0 bridgehead atoms. The molecule has 1 heterocycles. The van der Waals surface area contributed by atoms with Gasteiger partial charge in [0.2, 0.25) is 0 Å². The smallest absolute Gasteiger partial charge is 0.0957 e. The summed E-state index contributed by atoms with van der Waals surface area (Å²) < 4.78 is 0. The summed E-state index contributed by atoms with van der Waals surface area (Å²) in [5, 5.41) is 18.9. The van der Waals surface area contributed by atoms with Crippen molar-refractivity contribution in [1.29, 1.82) is 0 Å². The Morgan fingerprint density at radius 1 is 1.38 bits per heavy atom. The van der Waals surface area contributed by atoms with Crippen LogP contribution in [0, 0.1) is 0 Å². The van der Waals surface area contributed by atoms with Crippen LogP contribution in [0.3, 0.4) is 0 Å². The Kier molecular flexibility index (Phi) is 4.71. The van der Waals surface area contributed by atoms with E-state index in [2.05, 4.69) is 4.98 Å². The summed E-state index contributed by atoms with van der Waals surface area (Å²) in [7, 11) is 1.90. The molecule has 4 heteroatoms. The summed E-state index contributed by atoms with van der Waals surface area (Å²) in [5.74, 6) is 0. The molecule has 16 heavy (non-hydrogen) atoms. The third kappa shape index (κ3) is 3.47. The van der Waals surface area contributed by atoms with Crippen LogP contribution < -0.4 is 4.90 Å². The Hall–Kier alpha value is -1.13. The number of pyridine rings is 1. The highest BCUT2D eigenvalue weighted by Crippen LogP contribution is 2.17. The van der Waals surface area contributed by atoms with E-state index in [0.717, 1.165) is 5.69 Å². The van der Waals surface area contributed by atoms with Crippen molar-refractivity contribution < 1.29 is 10.2 Å². The van der Waals surface area contributed by atoms with E-state index in [9.17, 15) is 10.2 Å². The molecule has 0 saturated heterocycles. The number of nitrogens with zero attached hydrogens (tertiary/aromatic N) is 2. The highest BCUT2D eigenvalue weighted by molar-refractivity contribution is 5.43. The first kappa shape index (κ1) is 12.9. The van der Waals surface area contributed by atoms with Gasteiger partial charge in [0.25, 0.3) is 0 Å². The van der Waals surface area contributed by atoms with Crippen molar-refractivity contribution in [3.05, 3.63) is 24.0 Å². The van der Waals surface area contributed by atoms with Gasteiger partial charge < -0.3 is 15.1 Å². The first-order chi connectivity index (χ1) is 7.54. The lowest BCUT2D eigenvalue weighted by Crippen LogP contribution is -2.26. The molecule has 1 aromatic heterocycles. The molecule has 1 rings (SSSR count). The largest absolute Gasteiger partial charge is 0.392 e. The van der Waals surface area contributed by atoms with E-state index in [1.165, 1.54) is 0 Å². The highest BCUT2D eigenvalue weighted by Gasteiger charge is 2.08. The van der Waals surface area contributed by atoms with Gasteiger partial charge >= 0.3 is 0 Å². The van der Waals surface area contributed by atoms with Crippen LogP contribution in [0.25, 0.3) is 0 Å². The minimum atomic E-state index is -0.490. The fourth-order valence-electron chi connectivity index (χ4n) is 1.53. The van der Waals surface area contributed by atoms with Crippen molar-refractivity contribution in [3.8, 4) is 0 Å². The molecule has 0 amide bonds. The van der Waals surface area contributed by atoms with Gasteiger partial charge in [0.15, 0.2) is 0 Å². The number of aliphatic hydroxyl groups is 2. The van der Waals surface area contributed by atoms with Crippen molar-refractivity contribution in [2.24, 2.45) is 0 Å². The summed E-state index contributed by atoms with van der Waals surface area (Å²) in [6, 6.07) is 3.73. The maximum absolute atomic E-state index is 9.59. The van der Waals surface area contributed by atoms with Gasteiger partial charge in [-0.1, -0.05) is 6.92 Å². The van der Waals surface area contributed by atoms with Crippen LogP contribution in [-0.2, 0) is 0 Å². The molecular formula is C12H20N2O2. The van der Waals surface area contributed by atoms with Crippen LogP contribution in [-0.4, -0.2) is 34.9 Å². The van der Waals surface area contributed by atoms with E-state index in [-0.39, 0.29) is 6.10 Å². The molecule has 2 atom stereocenters. The molecule has 0 aliphatic carbocycles. The molecular weight excluding hydrogens is 204 g/mol. The number of aliphatic hydroxyl groups excluding tert-OH is 2. The zero-order valence-corrected chi connectivity index (χ0v) is 10.1. The second-order valence-corrected chi connectivity index (χ2v) is 4.09. The summed E-state index contributed by atoms with van der Waals surface area (Å²) in [6.07, 6.45) is 1.52. The van der Waals surface area contributed by atoms with Crippen LogP contribution in [0.15, 0.2) is 18.3 Å². The van der Waals surface area contributed by atoms with Gasteiger partial charge in [-0.3, -0.25) is 4.98 Å². The maximum Gasteiger partial charge on any atom is 0.0957 e. The minimum Gasteiger partial charge on any atom is -0.392 e. The van der Waals surface area contributed by atoms with Crippen molar-refractivity contribution in [2.75, 3.05) is 18.5 Å². The summed E-state index contributed by atoms with van der Waals surface area (Å²) >= 11 is 0. The molecule has 4 nitrogen and oxygen atoms in total. The minimum absolute atomic E-state index is 0.370. The monoisotopic (exact) mass is 224 g/mol. The van der Waals surface area contributed by atoms with E-state index in [0.29, 0.717) is 18.7 Å². The third-order valence-corrected chi connectivity index (χ3v) is 2.48. The third-order valence-electron chi connectivity index (χ3n) is 2.48. The van der Waals surface area contributed by atoms with Gasteiger partial charge in [0, 0.05) is 13.6 Å². The standard InChI is InChI=1S/C12H20N2O2/c1-4-12(16)11-6-5-10(7-13-11)14(3)8-9(2)15/h5-7,9,12,15-16H,4,8H2,1-3H3/t9?,12-/m1/s1. The second-order valence-electron chi connectivity index (χ2n) is 4.09. The van der Waals surface area contributed by atoms with Crippen molar-refractivity contribution in [2.45, 2.75) is 32.5 Å². The first-order valence-corrected chi connectivity index (χ1v) is 5.57. The van der Waals surface area contributed by atoms with Crippen molar-refractivity contribution in [3.63, 3.8) is 0 Å². The topological polar surface area (TPSA) is 56.6 Å². The number of hydrogen-bond donors (Lipinski definition) is 2. The first-order valence-electron chi connectivity index (χ1n) is 5.57. The molecule has 0 radical (unpaired) electrons. The molecule has 0 aliphatic rings. The van der Waals surface area contributed by atoms with Crippen LogP contribution in [0.1, 0.15) is 32.1 Å². The predicted octanol–water partition coefficient (Wildman–Crippen LogP) is 1.34. The lowest BCUT2D eigenvalue weighted by molar-refractivity contribution is 0.169. The molecule has 0 aromatic carbocycles. The van der Waals surface area contributed by atoms with Crippen LogP contribution in [0.4, 0.5) is 5.69 Å². The van der Waals surface area contributed by atoms with Gasteiger partial charge in [0.1, 0.15) is 0 Å². The van der Waals surface area contributed by atoms with E-state index < -0.39 is 6.10 Å². The lowest BCUT2D eigenvalue weighted by atomic mass is 10.2. The zero-order chi connectivity index (χ0) is 12.1. The molecule has 0 spiro atoms. The molecule has 1 unspecified atom stereocenters. The molecule has 2 N–H and O–H groups in total. The average Bonchev–Trinajstić information content (AvgIpc) is 2.27. The Balaban J connectivity index is 2.70. The highest BCUT2D eigenvalue weighted by atomic mass is 16.3. The molecule has 1 aromatic rings. The SMILES string of the molecule is CC[C@@H](O)c1ccc(N(C)CC(C)O)cn1. The van der Waals surface area contributed by atoms with Gasteiger partial charge in [-0.15, -0.1) is 0 Å². The Bertz CT molecular complexity index is 311. The van der Waals surface area contributed by atoms with Crippen LogP contribution in [0.5, 0.6) is 0 Å². The Morgan fingerprint density at radius 3 is 2.50 bits per heavy atom. The fourth-order valence-corrected chi connectivity index (χ4v) is 1.53. The van der Waals surface area contributed by atoms with E-state index >= 15 is 0 Å². The maximum atomic E-state index is 9.59. The number of likely N-dealkylation sites (N-methyl/N-ethyl adjacent to an activating group) is 1. The molecule has 0 aliphatic heterocycles. The van der Waals surface area contributed by atoms with Crippen molar-refractivity contribution in [1.82, 2.24) is 4.98 Å². The van der Waals surface area contributed by atoms with Crippen LogP contribution >= 0.6 is 0 Å². The van der Waals surface area contributed by atoms with E-state index in [4.69, 9.17) is 0 Å². The number of aromatic nitrogens is 1. The lowest BCUT2D eigenvalue weighted by Gasteiger charge is -2.20. The van der Waals surface area contributed by atoms with Gasteiger partial charge in [0.05, 0.1) is 29.8 Å². The predicted molar refractivity (Wildman–Crippen MR) is 64.4 cm³/mol. The van der Waals surface area contributed by atoms with Gasteiger partial charge in [-0.25, -0.2) is 0 Å². The number of hydrogen-bond acceptors (Lipinski definition) is 4. The van der Waals surface area contributed by atoms with Crippen LogP contribution in [0.2, 0.25) is 0 Å². The number of anilines is 1. The summed E-state index contributed by atoms with van der Waals surface area (Å²) in [4.78, 5) is 6.13. The molecule has 0 saturated carbocycles. The van der Waals surface area contributed by atoms with E-state index in [1.807, 2.05) is 31.0 Å². The molecule has 0 fully saturated rings.